The fourth-order valence-electron chi connectivity index (χ4n) is 4.22. The van der Waals surface area contributed by atoms with Gasteiger partial charge in [0.15, 0.2) is 6.29 Å². The van der Waals surface area contributed by atoms with Crippen LogP contribution in [-0.4, -0.2) is 76.9 Å². The lowest BCUT2D eigenvalue weighted by molar-refractivity contribution is -0.0877. The monoisotopic (exact) mass is 594 g/mol. The Hall–Kier alpha value is -1.75. The van der Waals surface area contributed by atoms with Gasteiger partial charge in [0.2, 0.25) is 0 Å². The zero-order valence-corrected chi connectivity index (χ0v) is 27.4. The normalized spacial score (nSPS) is 22.1. The molecule has 9 heteroatoms. The summed E-state index contributed by atoms with van der Waals surface area (Å²) in [5.74, 6) is 6.10. The van der Waals surface area contributed by atoms with Gasteiger partial charge in [-0.25, -0.2) is 0 Å². The second-order valence-corrected chi connectivity index (χ2v) is 13.7. The summed E-state index contributed by atoms with van der Waals surface area (Å²) in [5.41, 5.74) is 0.320. The van der Waals surface area contributed by atoms with Gasteiger partial charge in [0.1, 0.15) is 11.9 Å². The first-order valence-corrected chi connectivity index (χ1v) is 15.4. The van der Waals surface area contributed by atoms with Crippen LogP contribution in [0.2, 0.25) is 0 Å². The smallest absolute Gasteiger partial charge is 0.184 e. The molecule has 1 saturated heterocycles. The van der Waals surface area contributed by atoms with E-state index in [2.05, 4.69) is 39.7 Å². The van der Waals surface area contributed by atoms with Gasteiger partial charge < -0.3 is 39.4 Å². The van der Waals surface area contributed by atoms with Gasteiger partial charge in [0.05, 0.1) is 59.5 Å². The molecule has 0 aliphatic carbocycles. The van der Waals surface area contributed by atoms with Gasteiger partial charge >= 0.3 is 0 Å². The van der Waals surface area contributed by atoms with Crippen molar-refractivity contribution in [2.45, 2.75) is 87.0 Å². The number of hydrazone groups is 1. The van der Waals surface area contributed by atoms with Crippen molar-refractivity contribution in [3.63, 3.8) is 0 Å². The Balaban J connectivity index is 1.76. The molecule has 0 aromatic heterocycles. The van der Waals surface area contributed by atoms with Crippen LogP contribution in [0.4, 0.5) is 0 Å². The summed E-state index contributed by atoms with van der Waals surface area (Å²) in [6.45, 7) is 21.3. The molecule has 0 bridgehead atoms. The molecule has 1 fully saturated rings. The maximum atomic E-state index is 9.63. The molecule has 0 radical (unpaired) electrons. The summed E-state index contributed by atoms with van der Waals surface area (Å²) in [4.78, 5) is 0. The van der Waals surface area contributed by atoms with E-state index in [4.69, 9.17) is 34.3 Å². The van der Waals surface area contributed by atoms with Crippen LogP contribution in [-0.2, 0) is 23.7 Å². The van der Waals surface area contributed by atoms with Gasteiger partial charge in [0, 0.05) is 33.4 Å². The van der Waals surface area contributed by atoms with Gasteiger partial charge in [-0.05, 0) is 31.4 Å². The van der Waals surface area contributed by atoms with E-state index in [0.717, 1.165) is 30.6 Å². The molecule has 42 heavy (non-hydrogen) atoms. The highest BCUT2D eigenvalue weighted by atomic mass is 16.7. The summed E-state index contributed by atoms with van der Waals surface area (Å²) in [6.07, 6.45) is 3.89. The number of rotatable bonds is 21. The van der Waals surface area contributed by atoms with E-state index in [1.54, 1.807) is 6.21 Å². The predicted molar refractivity (Wildman–Crippen MR) is 167 cm³/mol. The van der Waals surface area contributed by atoms with Gasteiger partial charge in [-0.2, -0.15) is 5.10 Å². The van der Waals surface area contributed by atoms with Crippen LogP contribution in [0.25, 0.3) is 0 Å². The molecule has 9 nitrogen and oxygen atoms in total. The number of nitrogens with zero attached hydrogens (tertiary/aromatic N) is 1. The quantitative estimate of drug-likeness (QED) is 0.105. The highest BCUT2D eigenvalue weighted by Crippen LogP contribution is 2.31. The van der Waals surface area contributed by atoms with Crippen LogP contribution in [0.1, 0.15) is 86.5 Å². The first-order valence-electron chi connectivity index (χ1n) is 15.4. The zero-order chi connectivity index (χ0) is 31.3. The highest BCUT2D eigenvalue weighted by molar-refractivity contribution is 5.64. The van der Waals surface area contributed by atoms with E-state index < -0.39 is 6.29 Å². The number of hydrogen-bond acceptors (Lipinski definition) is 9. The van der Waals surface area contributed by atoms with Crippen molar-refractivity contribution in [3.05, 3.63) is 29.8 Å². The first-order chi connectivity index (χ1) is 19.8. The summed E-state index contributed by atoms with van der Waals surface area (Å²) >= 11 is 0. The summed E-state index contributed by atoms with van der Waals surface area (Å²) in [5, 5.41) is 13.3. The number of benzene rings is 1. The van der Waals surface area contributed by atoms with E-state index in [1.165, 1.54) is 0 Å². The van der Waals surface area contributed by atoms with E-state index in [9.17, 15) is 5.11 Å². The van der Waals surface area contributed by atoms with Gasteiger partial charge in [-0.15, -0.1) is 0 Å². The lowest BCUT2D eigenvalue weighted by atomic mass is 9.88. The summed E-state index contributed by atoms with van der Waals surface area (Å²) < 4.78 is 36.3. The lowest BCUT2D eigenvalue weighted by Crippen LogP contribution is -2.34. The Bertz CT molecular complexity index is 921. The molecule has 5 unspecified atom stereocenters. The highest BCUT2D eigenvalue weighted by Gasteiger charge is 2.31. The van der Waals surface area contributed by atoms with Crippen LogP contribution in [0, 0.1) is 21.7 Å². The molecule has 5 atom stereocenters. The van der Waals surface area contributed by atoms with Crippen molar-refractivity contribution < 1.29 is 33.5 Å². The van der Waals surface area contributed by atoms with Gasteiger partial charge in [-0.1, -0.05) is 67.5 Å². The number of aliphatic hydroxyl groups is 1. The Kier molecular flexibility index (Phi) is 14.7. The van der Waals surface area contributed by atoms with Crippen LogP contribution >= 0.6 is 0 Å². The Morgan fingerprint density at radius 1 is 0.833 bits per heavy atom. The third kappa shape index (κ3) is 12.1. The zero-order valence-electron chi connectivity index (χ0n) is 27.4. The molecule has 3 N–H and O–H groups in total. The Morgan fingerprint density at radius 2 is 1.38 bits per heavy atom. The minimum Gasteiger partial charge on any atom is -0.493 e. The van der Waals surface area contributed by atoms with Crippen LogP contribution < -0.4 is 10.6 Å². The Morgan fingerprint density at radius 3 is 1.95 bits per heavy atom. The van der Waals surface area contributed by atoms with E-state index in [0.29, 0.717) is 52.9 Å². The first kappa shape index (κ1) is 36.4. The average molecular weight is 595 g/mol. The standard InChI is InChI=1S/C33H58N2O7/c1-9-31(6,19-36)21-39-23-32(7,10-2)22-37-16-28-17-40-29(42-28)26-12-14-27(15-13-26)41-25-33(8,11-3)24-38-20-30(4,5)18-35-34/h12-15,18,28-29,36H,9-11,16-17,19-25,34H2,1-8H3. The van der Waals surface area contributed by atoms with Crippen molar-refractivity contribution in [2.75, 3.05) is 59.5 Å². The molecule has 242 valence electrons. The molecule has 0 spiro atoms. The molecule has 1 heterocycles. The van der Waals surface area contributed by atoms with E-state index >= 15 is 0 Å². The molecular formula is C33H58N2O7. The number of hydrogen-bond donors (Lipinski definition) is 2. The number of nitrogens with two attached hydrogens (primary N) is 1. The number of ether oxygens (including phenoxy) is 6. The van der Waals surface area contributed by atoms with E-state index in [-0.39, 0.29) is 34.4 Å². The lowest BCUT2D eigenvalue weighted by Gasteiger charge is -2.31. The maximum absolute atomic E-state index is 9.63. The second-order valence-electron chi connectivity index (χ2n) is 13.7. The third-order valence-electron chi connectivity index (χ3n) is 8.44. The van der Waals surface area contributed by atoms with Gasteiger partial charge in [-0.3, -0.25) is 0 Å². The maximum Gasteiger partial charge on any atom is 0.184 e. The molecule has 1 aliphatic heterocycles. The van der Waals surface area contributed by atoms with Crippen molar-refractivity contribution >= 4 is 6.21 Å². The fraction of sp³-hybridized carbons (Fsp3) is 0.788. The third-order valence-corrected chi connectivity index (χ3v) is 8.44. The molecule has 2 rings (SSSR count). The van der Waals surface area contributed by atoms with E-state index in [1.807, 2.05) is 45.0 Å². The average Bonchev–Trinajstić information content (AvgIpc) is 3.45. The number of aliphatic hydroxyl groups excluding tert-OH is 1. The van der Waals surface area contributed by atoms with Gasteiger partial charge in [0.25, 0.3) is 0 Å². The van der Waals surface area contributed by atoms with Crippen molar-refractivity contribution in [1.29, 1.82) is 0 Å². The second kappa shape index (κ2) is 16.9. The minimum atomic E-state index is -0.423. The summed E-state index contributed by atoms with van der Waals surface area (Å²) in [7, 11) is 0. The van der Waals surface area contributed by atoms with Crippen LogP contribution in [0.5, 0.6) is 5.75 Å². The molecule has 1 aliphatic rings. The Labute approximate surface area is 254 Å². The molecule has 0 amide bonds. The molecule has 1 aromatic rings. The van der Waals surface area contributed by atoms with Crippen LogP contribution in [0.3, 0.4) is 0 Å². The minimum absolute atomic E-state index is 0.103. The van der Waals surface area contributed by atoms with Crippen LogP contribution in [0.15, 0.2) is 29.4 Å². The van der Waals surface area contributed by atoms with Crippen molar-refractivity contribution in [3.8, 4) is 5.75 Å². The topological polar surface area (TPSA) is 114 Å². The summed E-state index contributed by atoms with van der Waals surface area (Å²) in [6, 6.07) is 7.88. The SMILES string of the molecule is CCC(C)(CO)COCC(C)(CC)COCC1COC(c2ccc(OCC(C)(CC)COCC(C)(C)C=NN)cc2)O1. The fourth-order valence-corrected chi connectivity index (χ4v) is 4.22. The van der Waals surface area contributed by atoms with Crippen molar-refractivity contribution in [1.82, 2.24) is 0 Å². The predicted octanol–water partition coefficient (Wildman–Crippen LogP) is 5.74. The largest absolute Gasteiger partial charge is 0.493 e. The van der Waals surface area contributed by atoms with Crippen molar-refractivity contribution in [2.24, 2.45) is 32.6 Å². The molecule has 1 aromatic carbocycles. The molecule has 0 saturated carbocycles. The molecular weight excluding hydrogens is 536 g/mol.